The van der Waals surface area contributed by atoms with Crippen molar-refractivity contribution in [2.75, 3.05) is 13.2 Å². The minimum absolute atomic E-state index is 0.00855. The Balaban J connectivity index is 1.73. The summed E-state index contributed by atoms with van der Waals surface area (Å²) in [4.78, 5) is 38.8. The Hall–Kier alpha value is -2.41. The molecule has 1 amide bonds. The molecule has 1 saturated heterocycles. The highest BCUT2D eigenvalue weighted by Crippen LogP contribution is 2.36. The van der Waals surface area contributed by atoms with Gasteiger partial charge in [0.1, 0.15) is 12.6 Å². The maximum absolute atomic E-state index is 13.3. The van der Waals surface area contributed by atoms with Crippen molar-refractivity contribution in [3.05, 3.63) is 35.9 Å². The van der Waals surface area contributed by atoms with E-state index < -0.39 is 18.1 Å². The predicted molar refractivity (Wildman–Crippen MR) is 112 cm³/mol. The molecular weight excluding hydrogens is 384 g/mol. The number of fused-ring (bicyclic) bond motifs is 1. The lowest BCUT2D eigenvalue weighted by atomic mass is 9.97. The van der Waals surface area contributed by atoms with Crippen LogP contribution >= 0.6 is 0 Å². The number of carboxylic acid groups (broad SMARTS) is 1. The molecule has 1 aliphatic heterocycles. The fraction of sp³-hybridized carbons (Fsp3) is 0.609. The van der Waals surface area contributed by atoms with Crippen LogP contribution in [0.3, 0.4) is 0 Å². The van der Waals surface area contributed by atoms with E-state index in [0.717, 1.165) is 31.2 Å². The van der Waals surface area contributed by atoms with E-state index in [1.165, 1.54) is 4.90 Å². The number of carbonyl (C=O) groups excluding carboxylic acids is 2. The molecule has 164 valence electrons. The molecule has 0 radical (unpaired) electrons. The summed E-state index contributed by atoms with van der Waals surface area (Å²) in [5.41, 5.74) is 1.11. The summed E-state index contributed by atoms with van der Waals surface area (Å²) in [5, 5.41) is 12.6. The number of amides is 1. The van der Waals surface area contributed by atoms with Crippen LogP contribution in [0, 0.1) is 5.92 Å². The number of carbonyl (C=O) groups is 3. The molecule has 0 bridgehead atoms. The zero-order chi connectivity index (χ0) is 21.5. The van der Waals surface area contributed by atoms with Gasteiger partial charge in [-0.05, 0) is 56.9 Å². The average molecular weight is 417 g/mol. The van der Waals surface area contributed by atoms with Crippen molar-refractivity contribution < 1.29 is 24.2 Å². The summed E-state index contributed by atoms with van der Waals surface area (Å²) in [6, 6.07) is 8.69. The van der Waals surface area contributed by atoms with Gasteiger partial charge >= 0.3 is 11.9 Å². The van der Waals surface area contributed by atoms with Crippen LogP contribution in [0.15, 0.2) is 30.3 Å². The number of nitrogens with one attached hydrogen (secondary N) is 1. The van der Waals surface area contributed by atoms with Gasteiger partial charge in [-0.2, -0.15) is 0 Å². The molecule has 30 heavy (non-hydrogen) atoms. The number of hydrogen-bond donors (Lipinski definition) is 2. The lowest BCUT2D eigenvalue weighted by molar-refractivity contribution is -0.149. The molecule has 2 fully saturated rings. The summed E-state index contributed by atoms with van der Waals surface area (Å²) in [7, 11) is 0. The summed E-state index contributed by atoms with van der Waals surface area (Å²) in [6.07, 6.45) is 5.57. The number of likely N-dealkylation sites (tertiary alicyclic amines) is 1. The normalized spacial score (nSPS) is 24.8. The molecule has 1 aliphatic carbocycles. The molecule has 7 nitrogen and oxygen atoms in total. The van der Waals surface area contributed by atoms with E-state index in [1.54, 1.807) is 6.92 Å². The van der Waals surface area contributed by atoms with Gasteiger partial charge in [-0.1, -0.05) is 36.8 Å². The molecule has 4 atom stereocenters. The monoisotopic (exact) mass is 416 g/mol. The Kier molecular flexibility index (Phi) is 7.85. The third-order valence-electron chi connectivity index (χ3n) is 6.27. The van der Waals surface area contributed by atoms with Gasteiger partial charge in [-0.3, -0.25) is 19.7 Å². The average Bonchev–Trinajstić information content (AvgIpc) is 3.16. The quantitative estimate of drug-likeness (QED) is 0.600. The van der Waals surface area contributed by atoms with Crippen LogP contribution in [-0.2, 0) is 25.5 Å². The van der Waals surface area contributed by atoms with Crippen LogP contribution < -0.4 is 5.32 Å². The van der Waals surface area contributed by atoms with Crippen LogP contribution in [0.5, 0.6) is 0 Å². The van der Waals surface area contributed by atoms with Crippen molar-refractivity contribution in [3.8, 4) is 0 Å². The molecule has 7 heteroatoms. The Morgan fingerprint density at radius 3 is 2.67 bits per heavy atom. The van der Waals surface area contributed by atoms with Gasteiger partial charge < -0.3 is 14.7 Å². The largest absolute Gasteiger partial charge is 0.480 e. The number of aryl methyl sites for hydroxylation is 1. The molecule has 1 heterocycles. The Bertz CT molecular complexity index is 738. The number of ether oxygens (including phenoxy) is 1. The first-order chi connectivity index (χ1) is 14.5. The molecule has 0 unspecified atom stereocenters. The first-order valence-electron chi connectivity index (χ1n) is 11.0. The fourth-order valence-electron chi connectivity index (χ4n) is 4.84. The van der Waals surface area contributed by atoms with E-state index in [9.17, 15) is 19.5 Å². The number of hydrogen-bond acceptors (Lipinski definition) is 5. The zero-order valence-electron chi connectivity index (χ0n) is 17.6. The summed E-state index contributed by atoms with van der Waals surface area (Å²) in [5.74, 6) is -1.23. The Morgan fingerprint density at radius 1 is 1.20 bits per heavy atom. The highest BCUT2D eigenvalue weighted by atomic mass is 16.5. The van der Waals surface area contributed by atoms with Crippen LogP contribution in [0.2, 0.25) is 0 Å². The maximum Gasteiger partial charge on any atom is 0.323 e. The third-order valence-corrected chi connectivity index (χ3v) is 6.27. The second-order valence-corrected chi connectivity index (χ2v) is 8.24. The van der Waals surface area contributed by atoms with Crippen molar-refractivity contribution in [1.82, 2.24) is 10.2 Å². The SMILES string of the molecule is CCOC(=O)[C@H](CCc1ccccc1)N[C@@H]1CC[C@H]2CCC[C@@H]2N(CC(=O)O)C1=O. The van der Waals surface area contributed by atoms with E-state index in [4.69, 9.17) is 4.74 Å². The highest BCUT2D eigenvalue weighted by Gasteiger charge is 2.42. The zero-order valence-corrected chi connectivity index (χ0v) is 17.6. The second-order valence-electron chi connectivity index (χ2n) is 8.24. The molecular formula is C23H32N2O5. The van der Waals surface area contributed by atoms with E-state index in [-0.39, 0.29) is 31.1 Å². The lowest BCUT2D eigenvalue weighted by Gasteiger charge is -2.31. The number of rotatable bonds is 9. The van der Waals surface area contributed by atoms with Gasteiger partial charge in [0.25, 0.3) is 0 Å². The van der Waals surface area contributed by atoms with Crippen molar-refractivity contribution in [2.24, 2.45) is 5.92 Å². The summed E-state index contributed by atoms with van der Waals surface area (Å²) < 4.78 is 5.25. The van der Waals surface area contributed by atoms with Crippen molar-refractivity contribution in [1.29, 1.82) is 0 Å². The second kappa shape index (κ2) is 10.6. The van der Waals surface area contributed by atoms with E-state index in [2.05, 4.69) is 5.32 Å². The van der Waals surface area contributed by atoms with Gasteiger partial charge in [0.2, 0.25) is 5.91 Å². The minimum Gasteiger partial charge on any atom is -0.480 e. The molecule has 1 aromatic rings. The number of carboxylic acids is 1. The van der Waals surface area contributed by atoms with E-state index >= 15 is 0 Å². The summed E-state index contributed by atoms with van der Waals surface area (Å²) in [6.45, 7) is 1.75. The van der Waals surface area contributed by atoms with Crippen molar-refractivity contribution in [3.63, 3.8) is 0 Å². The topological polar surface area (TPSA) is 95.9 Å². The van der Waals surface area contributed by atoms with Crippen LogP contribution in [0.4, 0.5) is 0 Å². The Labute approximate surface area is 177 Å². The number of esters is 1. The number of benzene rings is 1. The van der Waals surface area contributed by atoms with Gasteiger partial charge in [0.05, 0.1) is 12.6 Å². The fourth-order valence-corrected chi connectivity index (χ4v) is 4.84. The van der Waals surface area contributed by atoms with Gasteiger partial charge in [-0.25, -0.2) is 0 Å². The third kappa shape index (κ3) is 5.59. The van der Waals surface area contributed by atoms with Crippen molar-refractivity contribution >= 4 is 17.8 Å². The minimum atomic E-state index is -0.999. The molecule has 0 spiro atoms. The standard InChI is InChI=1S/C23H32N2O5/c1-2-30-23(29)19(13-11-16-7-4-3-5-8-16)24-18-14-12-17-9-6-10-20(17)25(22(18)28)15-21(26)27/h3-5,7-8,17-20,24H,2,6,9-15H2,1H3,(H,26,27)/t17-,18-,19+,20+/m1/s1. The van der Waals surface area contributed by atoms with Crippen molar-refractivity contribution in [2.45, 2.75) is 70.0 Å². The first-order valence-corrected chi connectivity index (χ1v) is 11.0. The van der Waals surface area contributed by atoms with E-state index in [1.807, 2.05) is 30.3 Å². The highest BCUT2D eigenvalue weighted by molar-refractivity contribution is 5.87. The molecule has 0 aromatic heterocycles. The predicted octanol–water partition coefficient (Wildman–Crippen LogP) is 2.38. The van der Waals surface area contributed by atoms with E-state index in [0.29, 0.717) is 25.2 Å². The Morgan fingerprint density at radius 2 is 1.97 bits per heavy atom. The first kappa shape index (κ1) is 22.3. The van der Waals surface area contributed by atoms with Gasteiger partial charge in [0.15, 0.2) is 0 Å². The van der Waals surface area contributed by atoms with Crippen LogP contribution in [0.1, 0.15) is 51.0 Å². The number of nitrogens with zero attached hydrogens (tertiary/aromatic N) is 1. The molecule has 1 saturated carbocycles. The molecule has 2 N–H and O–H groups in total. The molecule has 3 rings (SSSR count). The number of aliphatic carboxylic acids is 1. The molecule has 1 aromatic carbocycles. The summed E-state index contributed by atoms with van der Waals surface area (Å²) >= 11 is 0. The van der Waals surface area contributed by atoms with Gasteiger partial charge in [-0.15, -0.1) is 0 Å². The lowest BCUT2D eigenvalue weighted by Crippen LogP contribution is -2.54. The van der Waals surface area contributed by atoms with Crippen LogP contribution in [-0.4, -0.2) is 59.1 Å². The maximum atomic E-state index is 13.3. The molecule has 2 aliphatic rings. The van der Waals surface area contributed by atoms with Gasteiger partial charge in [0, 0.05) is 6.04 Å². The van der Waals surface area contributed by atoms with Crippen LogP contribution in [0.25, 0.3) is 0 Å². The smallest absolute Gasteiger partial charge is 0.323 e.